The molecule has 1 aliphatic rings. The molecule has 6 heteroatoms. The summed E-state index contributed by atoms with van der Waals surface area (Å²) in [6.45, 7) is 8.09. The van der Waals surface area contributed by atoms with Gasteiger partial charge in [-0.15, -0.1) is 10.2 Å². The highest BCUT2D eigenvalue weighted by atomic mass is 15.4. The fourth-order valence-electron chi connectivity index (χ4n) is 4.67. The van der Waals surface area contributed by atoms with E-state index in [0.29, 0.717) is 0 Å². The zero-order chi connectivity index (χ0) is 20.6. The van der Waals surface area contributed by atoms with Gasteiger partial charge in [0.25, 0.3) is 0 Å². The standard InChI is InChI=1S/C24H20N6/c1-13-11-15(3)29(27-13)23-21-18-9-5-7-17-8-6-10-19(20(17)18)22(21)24(26-25-23)30-16(4)12-14(2)28-30/h5-12H,1-4H3. The van der Waals surface area contributed by atoms with Crippen molar-refractivity contribution in [3.63, 3.8) is 0 Å². The molecule has 5 aromatic rings. The van der Waals surface area contributed by atoms with Crippen molar-refractivity contribution in [3.8, 4) is 33.9 Å². The molecule has 0 saturated heterocycles. The van der Waals surface area contributed by atoms with E-state index >= 15 is 0 Å². The van der Waals surface area contributed by atoms with Crippen molar-refractivity contribution in [3.05, 3.63) is 71.3 Å². The molecule has 0 fully saturated rings. The molecule has 2 aromatic carbocycles. The third kappa shape index (κ3) is 2.19. The molecule has 6 nitrogen and oxygen atoms in total. The van der Waals surface area contributed by atoms with E-state index < -0.39 is 0 Å². The minimum atomic E-state index is 0.754. The van der Waals surface area contributed by atoms with Crippen LogP contribution in [0.2, 0.25) is 0 Å². The first-order chi connectivity index (χ1) is 14.5. The summed E-state index contributed by atoms with van der Waals surface area (Å²) in [7, 11) is 0. The maximum Gasteiger partial charge on any atom is 0.184 e. The monoisotopic (exact) mass is 392 g/mol. The SMILES string of the molecule is Cc1cc(C)n(-c2nnc(-n3nc(C)cc3C)c3c2-c2cccc4cccc-3c24)n1. The van der Waals surface area contributed by atoms with E-state index in [1.807, 2.05) is 37.1 Å². The lowest BCUT2D eigenvalue weighted by Crippen LogP contribution is -2.11. The summed E-state index contributed by atoms with van der Waals surface area (Å²) in [5.41, 5.74) is 8.43. The number of benzene rings is 2. The van der Waals surface area contributed by atoms with E-state index in [1.165, 1.54) is 21.9 Å². The number of aryl methyl sites for hydroxylation is 4. The molecular formula is C24H20N6. The van der Waals surface area contributed by atoms with E-state index in [0.717, 1.165) is 45.5 Å². The third-order valence-electron chi connectivity index (χ3n) is 5.80. The van der Waals surface area contributed by atoms with Crippen LogP contribution in [0.15, 0.2) is 48.5 Å². The molecule has 30 heavy (non-hydrogen) atoms. The maximum absolute atomic E-state index is 4.70. The molecular weight excluding hydrogens is 372 g/mol. The number of fused-ring (bicyclic) bond motifs is 3. The molecule has 0 bridgehead atoms. The molecule has 0 spiro atoms. The molecule has 0 aliphatic heterocycles. The summed E-state index contributed by atoms with van der Waals surface area (Å²) < 4.78 is 3.80. The highest BCUT2D eigenvalue weighted by Gasteiger charge is 2.31. The van der Waals surface area contributed by atoms with Crippen molar-refractivity contribution in [2.45, 2.75) is 27.7 Å². The zero-order valence-electron chi connectivity index (χ0n) is 17.3. The van der Waals surface area contributed by atoms with E-state index in [1.54, 1.807) is 0 Å². The maximum atomic E-state index is 4.70. The van der Waals surface area contributed by atoms with Crippen LogP contribution < -0.4 is 0 Å². The summed E-state index contributed by atoms with van der Waals surface area (Å²) in [6, 6.07) is 17.0. The van der Waals surface area contributed by atoms with Gasteiger partial charge in [-0.25, -0.2) is 9.36 Å². The average Bonchev–Trinajstić information content (AvgIpc) is 3.36. The van der Waals surface area contributed by atoms with Crippen LogP contribution in [0.1, 0.15) is 22.8 Å². The molecule has 0 amide bonds. The molecule has 0 unspecified atom stereocenters. The van der Waals surface area contributed by atoms with Crippen LogP contribution in [0, 0.1) is 27.7 Å². The van der Waals surface area contributed by atoms with Crippen molar-refractivity contribution >= 4 is 10.8 Å². The van der Waals surface area contributed by atoms with Gasteiger partial charge in [0.05, 0.1) is 11.4 Å². The third-order valence-corrected chi connectivity index (χ3v) is 5.80. The van der Waals surface area contributed by atoms with Crippen LogP contribution in [0.25, 0.3) is 44.7 Å². The van der Waals surface area contributed by atoms with Crippen LogP contribution in [-0.2, 0) is 0 Å². The smallest absolute Gasteiger partial charge is 0.184 e. The number of hydrogen-bond acceptors (Lipinski definition) is 4. The fourth-order valence-corrected chi connectivity index (χ4v) is 4.67. The normalized spacial score (nSPS) is 12.0. The first kappa shape index (κ1) is 17.1. The fraction of sp³-hybridized carbons (Fsp3) is 0.167. The minimum Gasteiger partial charge on any atom is -0.217 e. The van der Waals surface area contributed by atoms with Gasteiger partial charge in [-0.05, 0) is 61.7 Å². The lowest BCUT2D eigenvalue weighted by atomic mass is 10.0. The predicted octanol–water partition coefficient (Wildman–Crippen LogP) is 4.88. The molecule has 6 rings (SSSR count). The summed E-state index contributed by atoms with van der Waals surface area (Å²) in [4.78, 5) is 0. The second-order valence-electron chi connectivity index (χ2n) is 7.98. The van der Waals surface area contributed by atoms with Crippen molar-refractivity contribution in [2.75, 3.05) is 0 Å². The Balaban J connectivity index is 1.78. The molecule has 3 aromatic heterocycles. The first-order valence-corrected chi connectivity index (χ1v) is 10.0. The number of nitrogens with zero attached hydrogens (tertiary/aromatic N) is 6. The molecule has 0 radical (unpaired) electrons. The highest BCUT2D eigenvalue weighted by Crippen LogP contribution is 2.50. The molecule has 0 atom stereocenters. The Labute approximate surface area is 173 Å². The van der Waals surface area contributed by atoms with Crippen molar-refractivity contribution in [2.24, 2.45) is 0 Å². The molecule has 1 aliphatic carbocycles. The van der Waals surface area contributed by atoms with Crippen molar-refractivity contribution in [1.82, 2.24) is 29.8 Å². The zero-order valence-corrected chi connectivity index (χ0v) is 17.3. The van der Waals surface area contributed by atoms with Gasteiger partial charge in [0.15, 0.2) is 11.6 Å². The van der Waals surface area contributed by atoms with E-state index in [4.69, 9.17) is 10.2 Å². The number of aromatic nitrogens is 6. The lowest BCUT2D eigenvalue weighted by Gasteiger charge is -2.14. The molecule has 0 N–H and O–H groups in total. The summed E-state index contributed by atoms with van der Waals surface area (Å²) in [5, 5.41) is 21.2. The quantitative estimate of drug-likeness (QED) is 0.421. The Kier molecular flexibility index (Phi) is 3.34. The van der Waals surface area contributed by atoms with E-state index in [2.05, 4.69) is 58.7 Å². The molecule has 3 heterocycles. The Morgan fingerprint density at radius 3 is 1.50 bits per heavy atom. The largest absolute Gasteiger partial charge is 0.217 e. The van der Waals surface area contributed by atoms with Gasteiger partial charge in [0.2, 0.25) is 0 Å². The van der Waals surface area contributed by atoms with E-state index in [9.17, 15) is 0 Å². The van der Waals surface area contributed by atoms with Crippen molar-refractivity contribution < 1.29 is 0 Å². The van der Waals surface area contributed by atoms with Crippen LogP contribution in [0.5, 0.6) is 0 Å². The van der Waals surface area contributed by atoms with Gasteiger partial charge in [-0.2, -0.15) is 10.2 Å². The number of rotatable bonds is 2. The Morgan fingerprint density at radius 1 is 0.633 bits per heavy atom. The Bertz CT molecular complexity index is 1380. The Hall–Kier alpha value is -3.80. The molecule has 146 valence electrons. The van der Waals surface area contributed by atoms with Gasteiger partial charge in [-0.3, -0.25) is 0 Å². The summed E-state index contributed by atoms with van der Waals surface area (Å²) >= 11 is 0. The summed E-state index contributed by atoms with van der Waals surface area (Å²) in [5.74, 6) is 1.51. The van der Waals surface area contributed by atoms with E-state index in [-0.39, 0.29) is 0 Å². The summed E-state index contributed by atoms with van der Waals surface area (Å²) in [6.07, 6.45) is 0. The second-order valence-corrected chi connectivity index (χ2v) is 7.98. The van der Waals surface area contributed by atoms with Crippen molar-refractivity contribution in [1.29, 1.82) is 0 Å². The van der Waals surface area contributed by atoms with Crippen LogP contribution >= 0.6 is 0 Å². The van der Waals surface area contributed by atoms with Crippen LogP contribution in [0.4, 0.5) is 0 Å². The minimum absolute atomic E-state index is 0.754. The van der Waals surface area contributed by atoms with Gasteiger partial charge < -0.3 is 0 Å². The van der Waals surface area contributed by atoms with Gasteiger partial charge in [0, 0.05) is 22.5 Å². The van der Waals surface area contributed by atoms with Gasteiger partial charge in [-0.1, -0.05) is 36.4 Å². The molecule has 0 saturated carbocycles. The lowest BCUT2D eigenvalue weighted by molar-refractivity contribution is 0.749. The average molecular weight is 392 g/mol. The van der Waals surface area contributed by atoms with Gasteiger partial charge >= 0.3 is 0 Å². The van der Waals surface area contributed by atoms with Crippen LogP contribution in [0.3, 0.4) is 0 Å². The van der Waals surface area contributed by atoms with Crippen LogP contribution in [-0.4, -0.2) is 29.8 Å². The first-order valence-electron chi connectivity index (χ1n) is 10.0. The predicted molar refractivity (Wildman–Crippen MR) is 117 cm³/mol. The van der Waals surface area contributed by atoms with Gasteiger partial charge in [0.1, 0.15) is 0 Å². The highest BCUT2D eigenvalue weighted by molar-refractivity contribution is 6.17. The topological polar surface area (TPSA) is 61.4 Å². The second kappa shape index (κ2) is 5.86. The Morgan fingerprint density at radius 2 is 1.10 bits per heavy atom. The number of hydrogen-bond donors (Lipinski definition) is 0.